The van der Waals surface area contributed by atoms with Crippen LogP contribution in [-0.2, 0) is 16.1 Å². The Bertz CT molecular complexity index is 1220. The van der Waals surface area contributed by atoms with Gasteiger partial charge in [0.15, 0.2) is 11.0 Å². The molecule has 2 amide bonds. The predicted octanol–water partition coefficient (Wildman–Crippen LogP) is 4.15. The Hall–Kier alpha value is -3.17. The molecule has 4 aromatic rings. The highest BCUT2D eigenvalue weighted by atomic mass is 32.2. The van der Waals surface area contributed by atoms with Crippen LogP contribution in [-0.4, -0.2) is 31.8 Å². The van der Waals surface area contributed by atoms with Gasteiger partial charge in [-0.25, -0.2) is 0 Å². The summed E-state index contributed by atoms with van der Waals surface area (Å²) < 4.78 is 1.85. The molecule has 0 fully saturated rings. The molecule has 3 N–H and O–H groups in total. The summed E-state index contributed by atoms with van der Waals surface area (Å²) in [7, 11) is 0. The number of nitrogens with one attached hydrogen (secondary N) is 1. The maximum absolute atomic E-state index is 12.8. The van der Waals surface area contributed by atoms with Crippen LogP contribution in [0.1, 0.15) is 13.3 Å². The number of benzene rings is 2. The average Bonchev–Trinajstić information content (AvgIpc) is 3.42. The van der Waals surface area contributed by atoms with E-state index in [1.165, 1.54) is 23.1 Å². The summed E-state index contributed by atoms with van der Waals surface area (Å²) in [5.74, 6) is 0.132. The van der Waals surface area contributed by atoms with Gasteiger partial charge >= 0.3 is 0 Å². The molecular formula is C22H21N5O2S2. The fraction of sp³-hybridized carbons (Fsp3) is 0.182. The molecule has 4 rings (SSSR count). The summed E-state index contributed by atoms with van der Waals surface area (Å²) in [6.45, 7) is 2.18. The Balaban J connectivity index is 1.50. The van der Waals surface area contributed by atoms with Gasteiger partial charge in [0.05, 0.1) is 10.1 Å². The summed E-state index contributed by atoms with van der Waals surface area (Å²) in [6.07, 6.45) is 0.168. The number of carbonyl (C=O) groups is 2. The molecule has 31 heavy (non-hydrogen) atoms. The highest BCUT2D eigenvalue weighted by Gasteiger charge is 2.21. The first kappa shape index (κ1) is 21.1. The molecule has 0 radical (unpaired) electrons. The van der Waals surface area contributed by atoms with Crippen molar-refractivity contribution in [1.82, 2.24) is 14.8 Å². The van der Waals surface area contributed by atoms with Crippen molar-refractivity contribution in [2.45, 2.75) is 30.3 Å². The predicted molar refractivity (Wildman–Crippen MR) is 125 cm³/mol. The van der Waals surface area contributed by atoms with Crippen LogP contribution in [0.25, 0.3) is 21.5 Å². The molecule has 2 heterocycles. The van der Waals surface area contributed by atoms with E-state index in [1.807, 2.05) is 71.5 Å². The van der Waals surface area contributed by atoms with Crippen molar-refractivity contribution < 1.29 is 9.59 Å². The molecule has 0 bridgehead atoms. The van der Waals surface area contributed by atoms with Gasteiger partial charge in [-0.2, -0.15) is 0 Å². The third kappa shape index (κ3) is 4.95. The van der Waals surface area contributed by atoms with Crippen molar-refractivity contribution in [3.05, 3.63) is 60.0 Å². The third-order valence-electron chi connectivity index (χ3n) is 4.71. The zero-order valence-electron chi connectivity index (χ0n) is 16.8. The summed E-state index contributed by atoms with van der Waals surface area (Å²) in [4.78, 5) is 25.1. The third-order valence-corrected chi connectivity index (χ3v) is 6.65. The monoisotopic (exact) mass is 451 g/mol. The molecule has 9 heteroatoms. The Labute approximate surface area is 187 Å². The van der Waals surface area contributed by atoms with Crippen molar-refractivity contribution in [2.24, 2.45) is 5.73 Å². The summed E-state index contributed by atoms with van der Waals surface area (Å²) in [6, 6.07) is 17.7. The van der Waals surface area contributed by atoms with Gasteiger partial charge in [-0.05, 0) is 41.3 Å². The number of nitrogens with zero attached hydrogens (tertiary/aromatic N) is 3. The minimum Gasteiger partial charge on any atom is -0.370 e. The first-order valence-electron chi connectivity index (χ1n) is 9.73. The zero-order chi connectivity index (χ0) is 21.8. The minimum atomic E-state index is -0.417. The molecule has 2 aromatic carbocycles. The fourth-order valence-corrected chi connectivity index (χ4v) is 4.70. The Morgan fingerprint density at radius 1 is 1.13 bits per heavy atom. The van der Waals surface area contributed by atoms with Crippen molar-refractivity contribution in [2.75, 3.05) is 5.32 Å². The van der Waals surface area contributed by atoms with Crippen LogP contribution in [0.15, 0.2) is 65.1 Å². The van der Waals surface area contributed by atoms with Crippen molar-refractivity contribution in [1.29, 1.82) is 0 Å². The Kier molecular flexibility index (Phi) is 6.34. The van der Waals surface area contributed by atoms with E-state index in [9.17, 15) is 9.59 Å². The highest BCUT2D eigenvalue weighted by Crippen LogP contribution is 2.30. The van der Waals surface area contributed by atoms with E-state index in [-0.39, 0.29) is 12.3 Å². The quantitative estimate of drug-likeness (QED) is 0.392. The Morgan fingerprint density at radius 2 is 1.94 bits per heavy atom. The SMILES string of the molecule is CC(Sc1nnc(-c2cccs2)n1CCC(N)=O)C(=O)Nc1ccc2ccccc2c1. The second-order valence-corrected chi connectivity index (χ2v) is 9.22. The van der Waals surface area contributed by atoms with Crippen molar-refractivity contribution in [3.63, 3.8) is 0 Å². The summed E-state index contributed by atoms with van der Waals surface area (Å²) in [5.41, 5.74) is 6.08. The number of fused-ring (bicyclic) bond motifs is 1. The second-order valence-electron chi connectivity index (χ2n) is 6.96. The molecular weight excluding hydrogens is 430 g/mol. The number of aromatic nitrogens is 3. The molecule has 0 aliphatic carbocycles. The smallest absolute Gasteiger partial charge is 0.237 e. The normalized spacial score (nSPS) is 12.0. The molecule has 0 aliphatic rings. The van der Waals surface area contributed by atoms with Gasteiger partial charge in [0.1, 0.15) is 0 Å². The van der Waals surface area contributed by atoms with Gasteiger partial charge in [-0.3, -0.25) is 9.59 Å². The number of carbonyl (C=O) groups excluding carboxylic acids is 2. The lowest BCUT2D eigenvalue weighted by atomic mass is 10.1. The summed E-state index contributed by atoms with van der Waals surface area (Å²) in [5, 5.41) is 15.8. The number of rotatable bonds is 8. The number of hydrogen-bond acceptors (Lipinski definition) is 6. The number of thioether (sulfide) groups is 1. The van der Waals surface area contributed by atoms with Crippen LogP contribution in [0.5, 0.6) is 0 Å². The van der Waals surface area contributed by atoms with Crippen molar-refractivity contribution in [3.8, 4) is 10.7 Å². The number of hydrogen-bond donors (Lipinski definition) is 2. The Morgan fingerprint density at radius 3 is 2.68 bits per heavy atom. The van der Waals surface area contributed by atoms with Crippen LogP contribution in [0.4, 0.5) is 5.69 Å². The van der Waals surface area contributed by atoms with Crippen LogP contribution < -0.4 is 11.1 Å². The van der Waals surface area contributed by atoms with Crippen LogP contribution in [0.3, 0.4) is 0 Å². The van der Waals surface area contributed by atoms with E-state index in [4.69, 9.17) is 5.73 Å². The van der Waals surface area contributed by atoms with Gasteiger partial charge in [0, 0.05) is 18.7 Å². The van der Waals surface area contributed by atoms with E-state index in [2.05, 4.69) is 15.5 Å². The van der Waals surface area contributed by atoms with Gasteiger partial charge in [-0.15, -0.1) is 21.5 Å². The molecule has 1 atom stereocenters. The standard InChI is InChI=1S/C22H21N5O2S2/c1-14(21(29)24-17-9-8-15-5-2-3-6-16(15)13-17)31-22-26-25-20(18-7-4-12-30-18)27(22)11-10-19(23)28/h2-9,12-14H,10-11H2,1H3,(H2,23,28)(H,24,29). The topological polar surface area (TPSA) is 103 Å². The molecule has 0 spiro atoms. The molecule has 0 saturated heterocycles. The van der Waals surface area contributed by atoms with E-state index >= 15 is 0 Å². The number of primary amides is 1. The molecule has 0 saturated carbocycles. The number of nitrogens with two attached hydrogens (primary N) is 1. The van der Waals surface area contributed by atoms with E-state index in [0.717, 1.165) is 21.3 Å². The van der Waals surface area contributed by atoms with E-state index in [0.29, 0.717) is 17.5 Å². The van der Waals surface area contributed by atoms with Crippen LogP contribution >= 0.6 is 23.1 Å². The lowest BCUT2D eigenvalue weighted by Gasteiger charge is -2.13. The molecule has 158 valence electrons. The lowest BCUT2D eigenvalue weighted by Crippen LogP contribution is -2.23. The molecule has 2 aromatic heterocycles. The maximum atomic E-state index is 12.8. The fourth-order valence-electron chi connectivity index (χ4n) is 3.11. The van der Waals surface area contributed by atoms with Gasteiger partial charge in [0.25, 0.3) is 0 Å². The molecule has 1 unspecified atom stereocenters. The van der Waals surface area contributed by atoms with Gasteiger partial charge in [0.2, 0.25) is 11.8 Å². The zero-order valence-corrected chi connectivity index (χ0v) is 18.5. The number of anilines is 1. The van der Waals surface area contributed by atoms with Crippen LogP contribution in [0.2, 0.25) is 0 Å². The largest absolute Gasteiger partial charge is 0.370 e. The first-order valence-corrected chi connectivity index (χ1v) is 11.5. The number of thiophene rings is 1. The summed E-state index contributed by atoms with van der Waals surface area (Å²) >= 11 is 2.84. The van der Waals surface area contributed by atoms with Gasteiger partial charge < -0.3 is 15.6 Å². The maximum Gasteiger partial charge on any atom is 0.237 e. The number of amides is 2. The lowest BCUT2D eigenvalue weighted by molar-refractivity contribution is -0.118. The van der Waals surface area contributed by atoms with Gasteiger partial charge in [-0.1, -0.05) is 48.2 Å². The first-order chi connectivity index (χ1) is 15.0. The van der Waals surface area contributed by atoms with E-state index in [1.54, 1.807) is 0 Å². The minimum absolute atomic E-state index is 0.137. The van der Waals surface area contributed by atoms with E-state index < -0.39 is 11.2 Å². The highest BCUT2D eigenvalue weighted by molar-refractivity contribution is 8.00. The van der Waals surface area contributed by atoms with Crippen LogP contribution in [0, 0.1) is 0 Å². The molecule has 7 nitrogen and oxygen atoms in total. The second kappa shape index (κ2) is 9.32. The average molecular weight is 452 g/mol. The molecule has 0 aliphatic heterocycles. The van der Waals surface area contributed by atoms with Crippen molar-refractivity contribution >= 4 is 51.4 Å².